The van der Waals surface area contributed by atoms with Crippen LogP contribution in [0, 0.1) is 13.1 Å². The van der Waals surface area contributed by atoms with Gasteiger partial charge >= 0.3 is 17.1 Å². The molecule has 3 saturated heterocycles. The second-order valence-electron chi connectivity index (χ2n) is 32.3. The van der Waals surface area contributed by atoms with E-state index in [4.69, 9.17) is 44.5 Å². The molecule has 18 aromatic rings. The molecule has 0 saturated carbocycles. The molecule has 0 unspecified atom stereocenters. The van der Waals surface area contributed by atoms with Crippen LogP contribution in [0.25, 0.3) is 121 Å². The lowest BCUT2D eigenvalue weighted by Crippen LogP contribution is -2.36. The van der Waals surface area contributed by atoms with E-state index in [1.165, 1.54) is 11.1 Å². The van der Waals surface area contributed by atoms with Crippen LogP contribution in [0.3, 0.4) is 0 Å². The zero-order chi connectivity index (χ0) is 87.6. The molecule has 9 heterocycles. The molecular formula is C102H89N21O5. The fraction of sp³-hybridized carbons (Fsp3) is 0.176. The van der Waals surface area contributed by atoms with Gasteiger partial charge in [0.1, 0.15) is 0 Å². The van der Waals surface area contributed by atoms with Crippen LogP contribution in [0.5, 0.6) is 0 Å². The van der Waals surface area contributed by atoms with Gasteiger partial charge in [0.15, 0.2) is 11.4 Å². The zero-order valence-electron chi connectivity index (χ0n) is 70.0. The largest absolute Gasteiger partial charge is 0.398 e. The molecular weight excluding hydrogens is 1600 g/mol. The average Bonchev–Trinajstić information content (AvgIpc) is 1.73. The number of Topliss-reactive ketones (excluding diaryl/α,β-unsaturated/α-hetero) is 2. The molecule has 128 heavy (non-hydrogen) atoms. The number of aromatic amines is 4. The SMILES string of the molecule is O=C(C(=O)c1ccc(CN2CCC(n3c(=O)[nH]c4ccccc43)CC2)cc1)c1ccccc1.O=c1[nH]c2ccccc2n1C1CCN(Cc2ccc(-c3nc4ccc(-c5nn[nH]n5)cc4nc3-c3ccccc3)cc2)CC1.[C-]#[N+]c1ccc(N)c(N)c1.[C-]#[N+]c1ccc2nc(-c3ccc(CN4CCC(n5c(=O)[nH]c6ccccc65)CC4)cc3)c(-c3ccccc3)nc2c1. The second kappa shape index (κ2) is 37.6. The summed E-state index contributed by atoms with van der Waals surface area (Å²) in [7, 11) is 0. The molecule has 0 bridgehead atoms. The lowest BCUT2D eigenvalue weighted by molar-refractivity contribution is 0.0817. The van der Waals surface area contributed by atoms with Gasteiger partial charge in [0.2, 0.25) is 17.4 Å². The first-order chi connectivity index (χ1) is 62.7. The van der Waals surface area contributed by atoms with Crippen LogP contribution < -0.4 is 28.5 Å². The molecule has 6 aromatic heterocycles. The summed E-state index contributed by atoms with van der Waals surface area (Å²) in [4.78, 5) is 106. The van der Waals surface area contributed by atoms with Crippen molar-refractivity contribution in [2.24, 2.45) is 0 Å². The highest BCUT2D eigenvalue weighted by molar-refractivity contribution is 6.49. The first-order valence-corrected chi connectivity index (χ1v) is 42.7. The van der Waals surface area contributed by atoms with E-state index in [-0.39, 0.29) is 35.2 Å². The Labute approximate surface area is 735 Å². The molecule has 0 radical (unpaired) electrons. The number of anilines is 2. The quantitative estimate of drug-likeness (QED) is 0.0213. The van der Waals surface area contributed by atoms with Gasteiger partial charge < -0.3 is 26.4 Å². The topological polar surface area (TPSA) is 324 Å². The highest BCUT2D eigenvalue weighted by Crippen LogP contribution is 2.37. The normalized spacial score (nSPS) is 14.1. The fourth-order valence-corrected chi connectivity index (χ4v) is 17.5. The molecule has 26 nitrogen and oxygen atoms in total. The van der Waals surface area contributed by atoms with Gasteiger partial charge in [0.05, 0.1) is 96.8 Å². The summed E-state index contributed by atoms with van der Waals surface area (Å²) in [5.74, 6) is -0.457. The Bertz CT molecular complexity index is 7320. The van der Waals surface area contributed by atoms with E-state index < -0.39 is 11.6 Å². The first kappa shape index (κ1) is 82.9. The van der Waals surface area contributed by atoms with Crippen molar-refractivity contribution in [3.8, 4) is 56.4 Å². The Kier molecular flexibility index (Phi) is 24.4. The number of fused-ring (bicyclic) bond motifs is 5. The Morgan fingerprint density at radius 3 is 1.09 bits per heavy atom. The van der Waals surface area contributed by atoms with E-state index in [0.29, 0.717) is 39.7 Å². The third-order valence-corrected chi connectivity index (χ3v) is 24.1. The van der Waals surface area contributed by atoms with Gasteiger partial charge in [-0.2, -0.15) is 5.21 Å². The van der Waals surface area contributed by atoms with Crippen molar-refractivity contribution in [3.63, 3.8) is 0 Å². The number of carbonyl (C=O) groups excluding carboxylic acids is 2. The number of nitrogens with zero attached hydrogens (tertiary/aromatic N) is 15. The Balaban J connectivity index is 0.000000124. The number of nitrogens with one attached hydrogen (secondary N) is 4. The molecule has 3 aliphatic rings. The smallest absolute Gasteiger partial charge is 0.326 e. The van der Waals surface area contributed by atoms with Crippen molar-refractivity contribution >= 4 is 89.5 Å². The van der Waals surface area contributed by atoms with Crippen molar-refractivity contribution < 1.29 is 9.59 Å². The minimum absolute atomic E-state index is 0.0145. The lowest BCUT2D eigenvalue weighted by Gasteiger charge is -2.32. The lowest BCUT2D eigenvalue weighted by atomic mass is 10.00. The molecule has 632 valence electrons. The van der Waals surface area contributed by atoms with Crippen LogP contribution in [0.2, 0.25) is 0 Å². The van der Waals surface area contributed by atoms with Gasteiger partial charge in [-0.15, -0.1) is 10.2 Å². The van der Waals surface area contributed by atoms with Crippen molar-refractivity contribution in [2.75, 3.05) is 50.7 Å². The summed E-state index contributed by atoms with van der Waals surface area (Å²) in [6, 6.07) is 93.9. The van der Waals surface area contributed by atoms with Crippen LogP contribution >= 0.6 is 0 Å². The van der Waals surface area contributed by atoms with Crippen molar-refractivity contribution in [1.29, 1.82) is 0 Å². The number of hydrogen-bond acceptors (Lipinski definition) is 17. The summed E-state index contributed by atoms with van der Waals surface area (Å²) in [5.41, 5.74) is 34.1. The number of imidazole rings is 3. The number of nitrogens with two attached hydrogens (primary N) is 2. The Morgan fingerprint density at radius 1 is 0.352 bits per heavy atom. The van der Waals surface area contributed by atoms with Crippen LogP contribution in [-0.2, 0) is 19.6 Å². The van der Waals surface area contributed by atoms with Gasteiger partial charge in [0, 0.05) is 122 Å². The van der Waals surface area contributed by atoms with Crippen LogP contribution in [-0.4, -0.2) is 135 Å². The maximum Gasteiger partial charge on any atom is 0.326 e. The molecule has 0 aliphatic carbocycles. The number of aromatic nitrogens is 14. The number of nitrogen functional groups attached to an aromatic ring is 2. The monoisotopic (exact) mass is 1690 g/mol. The predicted octanol–water partition coefficient (Wildman–Crippen LogP) is 18.3. The summed E-state index contributed by atoms with van der Waals surface area (Å²) >= 11 is 0. The molecule has 21 rings (SSSR count). The zero-order valence-corrected chi connectivity index (χ0v) is 70.0. The summed E-state index contributed by atoms with van der Waals surface area (Å²) in [6.45, 7) is 22.1. The number of rotatable bonds is 17. The van der Waals surface area contributed by atoms with Crippen molar-refractivity contribution in [3.05, 3.63) is 373 Å². The molecule has 26 heteroatoms. The van der Waals surface area contributed by atoms with Gasteiger partial charge in [-0.1, -0.05) is 212 Å². The van der Waals surface area contributed by atoms with Gasteiger partial charge in [-0.05, 0) is 139 Å². The highest BCUT2D eigenvalue weighted by Gasteiger charge is 2.29. The maximum atomic E-state index is 12.7. The Morgan fingerprint density at radius 2 is 0.688 bits per heavy atom. The first-order valence-electron chi connectivity index (χ1n) is 42.7. The van der Waals surface area contributed by atoms with Crippen LogP contribution in [0.4, 0.5) is 22.7 Å². The van der Waals surface area contributed by atoms with Gasteiger partial charge in [-0.25, -0.2) is 44.0 Å². The standard InChI is InChI=1S/C34H29N9O.C34H28N6O.C27H25N3O3.C7H7N3/c44-34-37-28-8-4-5-9-30(28)43(34)26-16-18-42(19-17-26)21-22-10-12-24(13-11-22)32-31(23-6-2-1-3-7-23)36-29-20-25(14-15-27(29)35-32)33-38-40-41-39-33;1-35-26-15-16-28-30(21-26)37-32(24-7-3-2-4-8-24)33(36-28)25-13-11-23(12-14-25)22-39-19-17-27(18-20-39)40-31-10-6-5-9-29(31)38-34(40)41;31-25(20-6-2-1-3-7-20)26(32)21-12-10-19(11-13-21)18-29-16-14-22(15-17-29)30-24-9-5-4-8-23(24)28-27(30)33;1-10-5-2-3-6(8)7(9)4-5/h1-15,20,26H,16-19,21H2,(H,37,44)(H,38,39,40,41);2-16,21,27H,17-20,22H2,(H,38,41);1-13,22H,14-18H2,(H,28,33);2-4H,8-9H2. The van der Waals surface area contributed by atoms with Crippen molar-refractivity contribution in [1.82, 2.24) is 83.9 Å². The molecule has 8 N–H and O–H groups in total. The number of tetrazole rings is 1. The summed E-state index contributed by atoms with van der Waals surface area (Å²) in [5, 5.41) is 14.4. The molecule has 3 fully saturated rings. The molecule has 12 aromatic carbocycles. The van der Waals surface area contributed by atoms with E-state index in [1.54, 1.807) is 66.7 Å². The number of H-pyrrole nitrogens is 4. The van der Waals surface area contributed by atoms with E-state index in [2.05, 4.69) is 121 Å². The number of benzene rings is 12. The highest BCUT2D eigenvalue weighted by atomic mass is 16.2. The third kappa shape index (κ3) is 18.3. The summed E-state index contributed by atoms with van der Waals surface area (Å²) in [6.07, 6.45) is 5.60. The Hall–Kier alpha value is -16.0. The number of ketones is 2. The van der Waals surface area contributed by atoms with E-state index >= 15 is 0 Å². The van der Waals surface area contributed by atoms with E-state index in [0.717, 1.165) is 209 Å². The number of para-hydroxylation sites is 6. The number of carbonyl (C=O) groups is 2. The van der Waals surface area contributed by atoms with Gasteiger partial charge in [0.25, 0.3) is 0 Å². The van der Waals surface area contributed by atoms with Crippen LogP contribution in [0.1, 0.15) is 94.1 Å². The molecule has 0 amide bonds. The number of piperidine rings is 3. The van der Waals surface area contributed by atoms with Gasteiger partial charge in [-0.3, -0.25) is 38.0 Å². The molecule has 0 spiro atoms. The molecule has 0 atom stereocenters. The summed E-state index contributed by atoms with van der Waals surface area (Å²) < 4.78 is 5.79. The number of likely N-dealkylation sites (tertiary alicyclic amines) is 3. The maximum absolute atomic E-state index is 12.7. The molecule has 3 aliphatic heterocycles. The van der Waals surface area contributed by atoms with E-state index in [9.17, 15) is 24.0 Å². The fourth-order valence-electron chi connectivity index (χ4n) is 17.5. The predicted molar refractivity (Wildman–Crippen MR) is 502 cm³/mol. The number of hydrogen-bond donors (Lipinski definition) is 6. The van der Waals surface area contributed by atoms with Crippen LogP contribution in [0.15, 0.2) is 306 Å². The van der Waals surface area contributed by atoms with E-state index in [1.807, 2.05) is 177 Å². The second-order valence-corrected chi connectivity index (χ2v) is 32.3. The minimum Gasteiger partial charge on any atom is -0.398 e. The minimum atomic E-state index is -0.488. The average molecular weight is 1690 g/mol. The third-order valence-electron chi connectivity index (χ3n) is 24.1. The van der Waals surface area contributed by atoms with Crippen molar-refractivity contribution in [2.45, 2.75) is 76.3 Å².